The first-order valence-corrected chi connectivity index (χ1v) is 12.1. The molecule has 11 heteroatoms. The van der Waals surface area contributed by atoms with Crippen molar-refractivity contribution >= 4 is 52.4 Å². The lowest BCUT2D eigenvalue weighted by Crippen LogP contribution is -2.54. The highest BCUT2D eigenvalue weighted by Gasteiger charge is 2.42. The Balaban J connectivity index is 0.00000141. The lowest BCUT2D eigenvalue weighted by atomic mass is 10.1. The summed E-state index contributed by atoms with van der Waals surface area (Å²) in [6.07, 6.45) is 2.73. The van der Waals surface area contributed by atoms with E-state index in [1.165, 1.54) is 16.3 Å². The molecule has 174 valence electrons. The summed E-state index contributed by atoms with van der Waals surface area (Å²) in [4.78, 5) is 27.6. The van der Waals surface area contributed by atoms with Crippen molar-refractivity contribution < 1.29 is 23.2 Å². The van der Waals surface area contributed by atoms with Gasteiger partial charge in [0.2, 0.25) is 5.88 Å². The summed E-state index contributed by atoms with van der Waals surface area (Å²) >= 11 is 7.30. The van der Waals surface area contributed by atoms with Gasteiger partial charge < -0.3 is 14.4 Å². The number of hydrogen-bond acceptors (Lipinski definition) is 8. The number of aromatic nitrogens is 3. The van der Waals surface area contributed by atoms with Gasteiger partial charge in [0, 0.05) is 0 Å². The number of fused-ring (bicyclic) bond motifs is 2. The molecule has 0 bridgehead atoms. The van der Waals surface area contributed by atoms with Gasteiger partial charge in [0.05, 0.1) is 6.54 Å². The number of thioether (sulfide) groups is 1. The van der Waals surface area contributed by atoms with Gasteiger partial charge in [-0.25, -0.2) is 14.4 Å². The highest BCUT2D eigenvalue weighted by atomic mass is 35.5. The number of nitrogens with zero attached hydrogens (tertiary/aromatic N) is 5. The van der Waals surface area contributed by atoms with E-state index in [0.717, 1.165) is 0 Å². The summed E-state index contributed by atoms with van der Waals surface area (Å²) < 4.78 is 27.8. The fourth-order valence-corrected chi connectivity index (χ4v) is 4.03. The first-order valence-electron chi connectivity index (χ1n) is 10.5. The number of anilines is 1. The number of halogens is 2. The maximum absolute atomic E-state index is 14.8. The van der Waals surface area contributed by atoms with E-state index in [1.807, 2.05) is 52.7 Å². The Kier molecular flexibility index (Phi) is 7.14. The van der Waals surface area contributed by atoms with Gasteiger partial charge in [-0.2, -0.15) is 9.78 Å². The Morgan fingerprint density at radius 3 is 2.66 bits per heavy atom. The minimum absolute atomic E-state index is 0.0711. The van der Waals surface area contributed by atoms with Crippen molar-refractivity contribution in [2.24, 2.45) is 0 Å². The second-order valence-corrected chi connectivity index (χ2v) is 9.24. The summed E-state index contributed by atoms with van der Waals surface area (Å²) in [5.41, 5.74) is -0.532. The van der Waals surface area contributed by atoms with Crippen molar-refractivity contribution in [1.82, 2.24) is 15.0 Å². The number of carbonyl (C=O) groups excluding carboxylic acids is 1. The summed E-state index contributed by atoms with van der Waals surface area (Å²) in [5.74, 6) is -0.0181. The van der Waals surface area contributed by atoms with Gasteiger partial charge in [0.15, 0.2) is 28.9 Å². The van der Waals surface area contributed by atoms with Crippen LogP contribution in [0.4, 0.5) is 15.0 Å². The average Bonchev–Trinajstić information content (AvgIpc) is 2.86. The van der Waals surface area contributed by atoms with Crippen molar-refractivity contribution in [1.29, 1.82) is 0 Å². The molecule has 0 aromatic carbocycles. The molecule has 0 N–H and O–H groups in total. The number of hydrogen-bond donors (Lipinski definition) is 0. The molecule has 0 fully saturated rings. The van der Waals surface area contributed by atoms with Crippen LogP contribution in [0.1, 0.15) is 41.5 Å². The van der Waals surface area contributed by atoms with Crippen molar-refractivity contribution in [2.75, 3.05) is 24.2 Å². The van der Waals surface area contributed by atoms with E-state index in [-0.39, 0.29) is 22.6 Å². The molecule has 4 heterocycles. The zero-order valence-corrected chi connectivity index (χ0v) is 20.8. The molecule has 32 heavy (non-hydrogen) atoms. The molecule has 1 amide bonds. The molecule has 2 atom stereocenters. The Hall–Kier alpha value is -2.20. The van der Waals surface area contributed by atoms with Crippen LogP contribution in [0.2, 0.25) is 5.15 Å². The fourth-order valence-electron chi connectivity index (χ4n) is 3.51. The molecular weight excluding hydrogens is 457 g/mol. The van der Waals surface area contributed by atoms with E-state index in [1.54, 1.807) is 6.21 Å². The van der Waals surface area contributed by atoms with Crippen molar-refractivity contribution in [3.8, 4) is 5.88 Å². The molecule has 0 spiro atoms. The van der Waals surface area contributed by atoms with Crippen LogP contribution in [0.5, 0.6) is 5.88 Å². The number of pyridine rings is 1. The maximum Gasteiger partial charge on any atom is 0.596 e. The molecule has 2 unspecified atom stereocenters. The van der Waals surface area contributed by atoms with Gasteiger partial charge in [-0.3, -0.25) is 0 Å². The Morgan fingerprint density at radius 1 is 1.34 bits per heavy atom. The van der Waals surface area contributed by atoms with Crippen molar-refractivity contribution in [3.05, 3.63) is 11.0 Å². The second kappa shape index (κ2) is 9.35. The quantitative estimate of drug-likeness (QED) is 0.252. The van der Waals surface area contributed by atoms with Crippen LogP contribution < -0.4 is 9.64 Å². The van der Waals surface area contributed by atoms with E-state index in [0.29, 0.717) is 29.5 Å². The summed E-state index contributed by atoms with van der Waals surface area (Å²) in [7, 11) is 0. The number of carbonyl (C=O) groups is 1. The molecule has 0 aliphatic carbocycles. The number of ether oxygens (including phenoxy) is 2. The molecule has 2 aromatic rings. The molecule has 0 saturated heterocycles. The number of amides is 1. The summed E-state index contributed by atoms with van der Waals surface area (Å²) in [5, 5.41) is 0.483. The van der Waals surface area contributed by atoms with Crippen LogP contribution in [0.3, 0.4) is 0 Å². The molecule has 8 nitrogen and oxygen atoms in total. The monoisotopic (exact) mass is 484 g/mol. The highest BCUT2D eigenvalue weighted by Crippen LogP contribution is 2.40. The van der Waals surface area contributed by atoms with E-state index < -0.39 is 23.6 Å². The smallest absolute Gasteiger partial charge is 0.471 e. The van der Waals surface area contributed by atoms with Gasteiger partial charge in [-0.05, 0) is 34.0 Å². The van der Waals surface area contributed by atoms with E-state index in [9.17, 15) is 9.18 Å². The maximum atomic E-state index is 14.8. The van der Waals surface area contributed by atoms with Gasteiger partial charge in [-0.1, -0.05) is 37.2 Å². The summed E-state index contributed by atoms with van der Waals surface area (Å²) in [6, 6.07) is -0.352. The zero-order chi connectivity index (χ0) is 23.8. The minimum Gasteiger partial charge on any atom is -0.471 e. The van der Waals surface area contributed by atoms with Gasteiger partial charge in [0.25, 0.3) is 0 Å². The lowest BCUT2D eigenvalue weighted by molar-refractivity contribution is -0.449. The zero-order valence-electron chi connectivity index (χ0n) is 19.3. The SMILES string of the molecule is CC.CSc1nc2c3c(nc(Cl)c(F)c3n1)OC(C)C1C=[N+](C(=O)OC(C)(C)C)CCN21. The first-order chi connectivity index (χ1) is 15.1. The third-order valence-corrected chi connectivity index (χ3v) is 5.61. The lowest BCUT2D eigenvalue weighted by Gasteiger charge is -2.32. The van der Waals surface area contributed by atoms with Crippen LogP contribution in [0.25, 0.3) is 10.9 Å². The third-order valence-electron chi connectivity index (χ3n) is 4.81. The predicted octanol–water partition coefficient (Wildman–Crippen LogP) is 4.55. The van der Waals surface area contributed by atoms with Gasteiger partial charge >= 0.3 is 6.09 Å². The molecule has 2 aliphatic rings. The molecule has 4 rings (SSSR count). The number of rotatable bonds is 1. The molecule has 2 aliphatic heterocycles. The Morgan fingerprint density at radius 2 is 2.03 bits per heavy atom. The van der Waals surface area contributed by atoms with Gasteiger partial charge in [0.1, 0.15) is 34.5 Å². The average molecular weight is 485 g/mol. The standard InChI is InChI=1S/C19H22ClFN5O3S.C2H6/c1-9-10-8-25(18(27)29-19(2,3)4)6-7-26(10)15-11-13(22-17(24-15)30-5)12(21)14(20)23-16(11)28-9;1-2/h8-10H,6-7H2,1-5H3;1-2H3/q+1;. The van der Waals surface area contributed by atoms with E-state index in [4.69, 9.17) is 21.1 Å². The normalized spacial score (nSPS) is 19.8. The highest BCUT2D eigenvalue weighted by molar-refractivity contribution is 7.98. The minimum atomic E-state index is -0.708. The molecule has 0 radical (unpaired) electrons. The van der Waals surface area contributed by atoms with E-state index >= 15 is 0 Å². The van der Waals surface area contributed by atoms with Crippen LogP contribution in [0.15, 0.2) is 5.16 Å². The van der Waals surface area contributed by atoms with E-state index in [2.05, 4.69) is 15.0 Å². The Bertz CT molecular complexity index is 1080. The fraction of sp³-hybridized carbons (Fsp3) is 0.571. The molecule has 2 aromatic heterocycles. The third kappa shape index (κ3) is 4.61. The predicted molar refractivity (Wildman–Crippen MR) is 124 cm³/mol. The van der Waals surface area contributed by atoms with Crippen molar-refractivity contribution in [3.63, 3.8) is 0 Å². The van der Waals surface area contributed by atoms with Crippen LogP contribution in [0, 0.1) is 5.82 Å². The first kappa shape index (κ1) is 24.4. The van der Waals surface area contributed by atoms with Gasteiger partial charge in [-0.15, -0.1) is 4.58 Å². The molecule has 0 saturated carbocycles. The summed E-state index contributed by atoms with van der Waals surface area (Å²) in [6.45, 7) is 12.2. The molecular formula is C21H28ClFN5O3S+. The topological polar surface area (TPSA) is 80.5 Å². The van der Waals surface area contributed by atoms with Crippen LogP contribution in [-0.4, -0.2) is 68.9 Å². The second-order valence-electron chi connectivity index (χ2n) is 8.11. The largest absolute Gasteiger partial charge is 0.596 e. The van der Waals surface area contributed by atoms with Crippen LogP contribution >= 0.6 is 23.4 Å². The van der Waals surface area contributed by atoms with Crippen LogP contribution in [-0.2, 0) is 4.74 Å². The van der Waals surface area contributed by atoms with Crippen molar-refractivity contribution in [2.45, 2.75) is 64.4 Å². The Labute approximate surface area is 196 Å².